The number of phosphoric ester groups is 1. The van der Waals surface area contributed by atoms with Crippen molar-refractivity contribution in [2.75, 3.05) is 18.9 Å². The standard InChI is InChI=1S/C39H35F2N7O14P2S/c40-28-27-16-57-64(55,65-17-20-6-12-24(13-7-20)58-38(51)22-8-10-23(49)11-9-22)62-32-29(41)26(60-37(32)48-19-45-30-33(42)43-18-44-34(30)48)15-56-63(53,54)61-31(28)36(59-27)47-14-25(35(50)46-39(47)52)21-4-2-1-3-5-21/h1-14,18-19,26-29,31-32,36-37,49H,15-17H2,(H,53,54)(H2,42,43,44)(H,46,50,52)/t26-,27-,28-,29-,31-,32-,36-,37-,64+/m1/s1. The number of fused-ring (bicyclic) bond motifs is 5. The number of nitrogens with two attached hydrogens (primary N) is 1. The highest BCUT2D eigenvalue weighted by molar-refractivity contribution is 8.54. The SMILES string of the molecule is Nc1ncnc2c1ncn2[C@@H]1O[C@@H]2COP(=O)(O)O[C@@H]3[C@H](F)[C@@H](CO[P@](=O)(SCc4ccc(OC(=O)c5ccc(O)cc5)cc4)O[C@@H]1[C@@H]2F)O[C@H]3n1cc(-c2ccccc2)c(=O)[nH]c1=O. The highest BCUT2D eigenvalue weighted by Crippen LogP contribution is 2.65. The first-order valence-electron chi connectivity index (χ1n) is 19.4. The zero-order chi connectivity index (χ0) is 45.6. The van der Waals surface area contributed by atoms with E-state index >= 15 is 13.3 Å². The minimum absolute atomic E-state index is 0.0297. The first-order valence-corrected chi connectivity index (χ1v) is 24.0. The zero-order valence-electron chi connectivity index (χ0n) is 33.1. The van der Waals surface area contributed by atoms with Crippen molar-refractivity contribution in [2.45, 2.75) is 55.0 Å². The van der Waals surface area contributed by atoms with Crippen LogP contribution in [-0.4, -0.2) is 95.0 Å². The van der Waals surface area contributed by atoms with Crippen LogP contribution < -0.4 is 21.7 Å². The summed E-state index contributed by atoms with van der Waals surface area (Å²) in [6, 6.07) is 19.5. The van der Waals surface area contributed by atoms with Gasteiger partial charge in [0.05, 0.1) is 30.7 Å². The molecule has 6 aromatic rings. The van der Waals surface area contributed by atoms with E-state index in [1.807, 2.05) is 0 Å². The monoisotopic (exact) mass is 957 g/mol. The number of phenolic OH excluding ortho intramolecular Hbond substituents is 1. The van der Waals surface area contributed by atoms with Crippen LogP contribution >= 0.6 is 26.0 Å². The average molecular weight is 958 g/mol. The Kier molecular flexibility index (Phi) is 12.3. The van der Waals surface area contributed by atoms with E-state index in [4.69, 9.17) is 38.0 Å². The minimum atomic E-state index is -5.37. The molecule has 3 aromatic heterocycles. The number of aromatic nitrogens is 6. The highest BCUT2D eigenvalue weighted by Gasteiger charge is 2.55. The Balaban J connectivity index is 1.03. The highest BCUT2D eigenvalue weighted by atomic mass is 32.7. The van der Waals surface area contributed by atoms with Gasteiger partial charge < -0.3 is 29.9 Å². The summed E-state index contributed by atoms with van der Waals surface area (Å²) in [5, 5.41) is 9.54. The van der Waals surface area contributed by atoms with Gasteiger partial charge in [0, 0.05) is 11.9 Å². The maximum atomic E-state index is 16.7. The van der Waals surface area contributed by atoms with Crippen LogP contribution in [0.5, 0.6) is 11.5 Å². The number of ether oxygens (including phenoxy) is 3. The van der Waals surface area contributed by atoms with Gasteiger partial charge >= 0.3 is 26.3 Å². The van der Waals surface area contributed by atoms with Crippen molar-refractivity contribution in [3.8, 4) is 22.6 Å². The van der Waals surface area contributed by atoms with Crippen molar-refractivity contribution in [1.82, 2.24) is 29.1 Å². The first kappa shape index (κ1) is 44.5. The van der Waals surface area contributed by atoms with E-state index in [1.165, 1.54) is 47.3 Å². The van der Waals surface area contributed by atoms with Gasteiger partial charge in [0.15, 0.2) is 36.3 Å². The molecule has 3 aliphatic rings. The number of esters is 1. The lowest BCUT2D eigenvalue weighted by Crippen LogP contribution is -2.38. The molecule has 9 rings (SSSR count). The van der Waals surface area contributed by atoms with Gasteiger partial charge in [-0.1, -0.05) is 42.5 Å². The molecule has 10 atom stereocenters. The number of halogens is 2. The van der Waals surface area contributed by atoms with Gasteiger partial charge in [0.2, 0.25) is 0 Å². The molecule has 0 saturated carbocycles. The number of H-pyrrole nitrogens is 1. The van der Waals surface area contributed by atoms with Crippen LogP contribution in [0, 0.1) is 0 Å². The summed E-state index contributed by atoms with van der Waals surface area (Å²) in [4.78, 5) is 64.1. The maximum Gasteiger partial charge on any atom is 0.472 e. The molecule has 3 aliphatic heterocycles. The molecular formula is C39H35F2N7O14P2S. The quantitative estimate of drug-likeness (QED) is 0.0889. The zero-order valence-corrected chi connectivity index (χ0v) is 35.7. The van der Waals surface area contributed by atoms with Gasteiger partial charge in [-0.25, -0.2) is 42.5 Å². The van der Waals surface area contributed by atoms with Gasteiger partial charge in [-0.15, -0.1) is 0 Å². The van der Waals surface area contributed by atoms with Crippen LogP contribution in [0.25, 0.3) is 22.3 Å². The molecule has 26 heteroatoms. The molecule has 65 heavy (non-hydrogen) atoms. The van der Waals surface area contributed by atoms with Gasteiger partial charge in [0.1, 0.15) is 47.8 Å². The Bertz CT molecular complexity index is 2950. The third-order valence-electron chi connectivity index (χ3n) is 10.4. The van der Waals surface area contributed by atoms with Crippen molar-refractivity contribution in [1.29, 1.82) is 0 Å². The number of aromatic hydroxyl groups is 1. The number of hydrogen-bond acceptors (Lipinski definition) is 18. The molecule has 4 bridgehead atoms. The summed E-state index contributed by atoms with van der Waals surface area (Å²) in [7, 11) is -5.37. The summed E-state index contributed by atoms with van der Waals surface area (Å²) in [5.41, 5.74) is 5.21. The number of alkyl halides is 2. The second-order valence-electron chi connectivity index (χ2n) is 14.7. The molecule has 0 amide bonds. The Morgan fingerprint density at radius 2 is 1.54 bits per heavy atom. The lowest BCUT2D eigenvalue weighted by molar-refractivity contribution is -0.0650. The number of carbonyl (C=O) groups is 1. The fourth-order valence-corrected chi connectivity index (χ4v) is 11.5. The summed E-state index contributed by atoms with van der Waals surface area (Å²) >= 11 is 0.571. The Labute approximate surface area is 368 Å². The molecule has 1 unspecified atom stereocenters. The fraction of sp³-hybridized carbons (Fsp3) is 0.282. The number of carbonyl (C=O) groups excluding carboxylic acids is 1. The number of nitrogen functional groups attached to an aromatic ring is 1. The Morgan fingerprint density at radius 3 is 2.25 bits per heavy atom. The molecule has 340 valence electrons. The number of nitrogens with one attached hydrogen (secondary N) is 1. The smallest absolute Gasteiger partial charge is 0.472 e. The number of imidazole rings is 1. The van der Waals surface area contributed by atoms with Crippen molar-refractivity contribution in [3.05, 3.63) is 130 Å². The fourth-order valence-electron chi connectivity index (χ4n) is 7.22. The van der Waals surface area contributed by atoms with Crippen LogP contribution in [0.2, 0.25) is 0 Å². The van der Waals surface area contributed by atoms with Crippen LogP contribution in [0.15, 0.2) is 107 Å². The molecule has 3 fully saturated rings. The second kappa shape index (κ2) is 18.0. The van der Waals surface area contributed by atoms with E-state index in [0.29, 0.717) is 22.5 Å². The van der Waals surface area contributed by atoms with E-state index in [9.17, 15) is 28.9 Å². The number of rotatable bonds is 8. The van der Waals surface area contributed by atoms with Crippen LogP contribution in [0.1, 0.15) is 28.4 Å². The van der Waals surface area contributed by atoms with E-state index in [1.54, 1.807) is 42.5 Å². The predicted molar refractivity (Wildman–Crippen MR) is 224 cm³/mol. The van der Waals surface area contributed by atoms with Crippen LogP contribution in [0.4, 0.5) is 14.6 Å². The van der Waals surface area contributed by atoms with Crippen LogP contribution in [-0.2, 0) is 42.5 Å². The second-order valence-corrected chi connectivity index (χ2v) is 20.1. The Morgan fingerprint density at radius 1 is 0.877 bits per heavy atom. The summed E-state index contributed by atoms with van der Waals surface area (Å²) in [6.07, 6.45) is -12.2. The molecule has 6 heterocycles. The lowest BCUT2D eigenvalue weighted by atomic mass is 10.1. The molecule has 0 aliphatic carbocycles. The van der Waals surface area contributed by atoms with Crippen molar-refractivity contribution < 1.29 is 65.0 Å². The normalized spacial score (nSPS) is 29.3. The molecule has 5 N–H and O–H groups in total. The van der Waals surface area contributed by atoms with E-state index in [2.05, 4.69) is 19.9 Å². The summed E-state index contributed by atoms with van der Waals surface area (Å²) in [6.45, 7) is -6.65. The molecule has 21 nitrogen and oxygen atoms in total. The average Bonchev–Trinajstić information content (AvgIpc) is 3.95. The molecule has 0 spiro atoms. The number of nitrogens with zero attached hydrogens (tertiary/aromatic N) is 5. The largest absolute Gasteiger partial charge is 0.508 e. The topological polar surface area (TPSA) is 281 Å². The third-order valence-corrected chi connectivity index (χ3v) is 15.1. The number of phosphoric acid groups is 1. The maximum absolute atomic E-state index is 16.7. The van der Waals surface area contributed by atoms with E-state index < -0.39 is 94.3 Å². The molecular weight excluding hydrogens is 922 g/mol. The van der Waals surface area contributed by atoms with Crippen LogP contribution in [0.3, 0.4) is 0 Å². The summed E-state index contributed by atoms with van der Waals surface area (Å²) < 4.78 is 104. The van der Waals surface area contributed by atoms with Gasteiger partial charge in [-0.3, -0.25) is 37.0 Å². The minimum Gasteiger partial charge on any atom is -0.508 e. The predicted octanol–water partition coefficient (Wildman–Crippen LogP) is 4.98. The Hall–Kier alpha value is -5.65. The molecule has 0 radical (unpaired) electrons. The number of hydrogen-bond donors (Lipinski definition) is 4. The van der Waals surface area contributed by atoms with Gasteiger partial charge in [-0.2, -0.15) is 0 Å². The van der Waals surface area contributed by atoms with Crippen molar-refractivity contribution in [3.63, 3.8) is 0 Å². The summed E-state index contributed by atoms with van der Waals surface area (Å²) in [5.74, 6) is -0.766. The number of benzene rings is 3. The number of phenols is 1. The third kappa shape index (κ3) is 9.27. The first-order chi connectivity index (χ1) is 31.1. The lowest BCUT2D eigenvalue weighted by Gasteiger charge is -2.27. The number of aromatic amines is 1. The van der Waals surface area contributed by atoms with Crippen molar-refractivity contribution in [2.24, 2.45) is 0 Å². The molecule has 3 aromatic carbocycles. The van der Waals surface area contributed by atoms with Gasteiger partial charge in [0.25, 0.3) is 5.56 Å². The number of anilines is 1. The van der Waals surface area contributed by atoms with E-state index in [-0.39, 0.29) is 45.4 Å². The molecule has 3 saturated heterocycles. The van der Waals surface area contributed by atoms with E-state index in [0.717, 1.165) is 17.1 Å². The van der Waals surface area contributed by atoms with Crippen molar-refractivity contribution >= 4 is 49.0 Å². The van der Waals surface area contributed by atoms with Gasteiger partial charge in [-0.05, 0) is 58.9 Å².